The van der Waals surface area contributed by atoms with Crippen LogP contribution in [0.1, 0.15) is 46.2 Å². The zero-order chi connectivity index (χ0) is 17.5. The summed E-state index contributed by atoms with van der Waals surface area (Å²) in [5.74, 6) is 0.228. The van der Waals surface area contributed by atoms with E-state index in [0.29, 0.717) is 0 Å². The average Bonchev–Trinajstić information content (AvgIpc) is 2.54. The van der Waals surface area contributed by atoms with Crippen molar-refractivity contribution in [3.63, 3.8) is 0 Å². The maximum absolute atomic E-state index is 13.1. The van der Waals surface area contributed by atoms with Crippen molar-refractivity contribution in [1.29, 1.82) is 0 Å². The van der Waals surface area contributed by atoms with E-state index >= 15 is 0 Å². The lowest BCUT2D eigenvalue weighted by Gasteiger charge is -2.37. The number of nitrogens with zero attached hydrogens (tertiary/aromatic N) is 1. The van der Waals surface area contributed by atoms with Crippen LogP contribution in [-0.4, -0.2) is 10.6 Å². The molecule has 0 fully saturated rings. The highest BCUT2D eigenvalue weighted by molar-refractivity contribution is 6.09. The first-order chi connectivity index (χ1) is 11.3. The van der Waals surface area contributed by atoms with Crippen LogP contribution in [0.15, 0.2) is 54.6 Å². The van der Waals surface area contributed by atoms with Gasteiger partial charge in [-0.05, 0) is 59.9 Å². The largest absolute Gasteiger partial charge is 0.142 e. The van der Waals surface area contributed by atoms with Gasteiger partial charge in [0.15, 0.2) is 0 Å². The number of hydrogen-bond acceptors (Lipinski definition) is 1. The molecule has 0 N–H and O–H groups in total. The van der Waals surface area contributed by atoms with Crippen molar-refractivity contribution in [2.75, 3.05) is 0 Å². The molecule has 24 heavy (non-hydrogen) atoms. The van der Waals surface area contributed by atoms with Crippen molar-refractivity contribution in [3.05, 3.63) is 60.2 Å². The molecule has 0 amide bonds. The van der Waals surface area contributed by atoms with Crippen LogP contribution in [0, 0.1) is 5.92 Å². The molecule has 3 aromatic carbocycles. The Kier molecular flexibility index (Phi) is 4.37. The Morgan fingerprint density at radius 1 is 0.833 bits per heavy atom. The van der Waals surface area contributed by atoms with Crippen molar-refractivity contribution in [2.24, 2.45) is 5.92 Å². The van der Waals surface area contributed by atoms with Crippen LogP contribution in [0.25, 0.3) is 21.5 Å². The highest BCUT2D eigenvalue weighted by atomic mass is 16.5. The number of hydroxylamine groups is 2. The van der Waals surface area contributed by atoms with E-state index in [2.05, 4.69) is 68.4 Å². The smallest absolute Gasteiger partial charge is 0.0667 e. The molecule has 0 aliphatic carbocycles. The molecule has 2 heteroatoms. The minimum absolute atomic E-state index is 0.167. The Labute approximate surface area is 144 Å². The van der Waals surface area contributed by atoms with Gasteiger partial charge in [-0.25, -0.2) is 0 Å². The van der Waals surface area contributed by atoms with Gasteiger partial charge < -0.3 is 0 Å². The van der Waals surface area contributed by atoms with Crippen molar-refractivity contribution >= 4 is 21.5 Å². The minimum atomic E-state index is -0.429. The van der Waals surface area contributed by atoms with Crippen LogP contribution in [0.2, 0.25) is 0 Å². The second-order valence-corrected chi connectivity index (χ2v) is 7.92. The third-order valence-electron chi connectivity index (χ3n) is 4.66. The summed E-state index contributed by atoms with van der Waals surface area (Å²) in [7, 11) is 0. The van der Waals surface area contributed by atoms with Crippen molar-refractivity contribution in [2.45, 2.75) is 46.2 Å². The molecular formula is C22H26NO. The summed E-state index contributed by atoms with van der Waals surface area (Å²) in [4.78, 5) is 0. The maximum Gasteiger partial charge on any atom is 0.0667 e. The zero-order valence-electron chi connectivity index (χ0n) is 15.2. The Bertz CT molecular complexity index is 861. The molecular weight excluding hydrogens is 294 g/mol. The Morgan fingerprint density at radius 2 is 1.38 bits per heavy atom. The van der Waals surface area contributed by atoms with Crippen LogP contribution in [0.5, 0.6) is 0 Å². The molecule has 1 radical (unpaired) electrons. The summed E-state index contributed by atoms with van der Waals surface area (Å²) in [5.41, 5.74) is 0.700. The van der Waals surface area contributed by atoms with E-state index in [0.717, 1.165) is 5.56 Å². The molecule has 0 aliphatic heterocycles. The summed E-state index contributed by atoms with van der Waals surface area (Å²) in [5, 5.41) is 19.2. The number of rotatable bonds is 3. The molecule has 0 bridgehead atoms. The Balaban J connectivity index is 2.33. The first-order valence-corrected chi connectivity index (χ1v) is 8.67. The van der Waals surface area contributed by atoms with Gasteiger partial charge in [0.25, 0.3) is 0 Å². The van der Waals surface area contributed by atoms with E-state index in [1.807, 2.05) is 20.8 Å². The van der Waals surface area contributed by atoms with E-state index < -0.39 is 5.54 Å². The molecule has 1 atom stereocenters. The van der Waals surface area contributed by atoms with E-state index in [1.54, 1.807) is 0 Å². The lowest BCUT2D eigenvalue weighted by molar-refractivity contribution is -0.249. The van der Waals surface area contributed by atoms with Crippen molar-refractivity contribution < 1.29 is 5.21 Å². The molecule has 1 unspecified atom stereocenters. The number of fused-ring (bicyclic) bond motifs is 3. The van der Waals surface area contributed by atoms with Gasteiger partial charge in [-0.3, -0.25) is 0 Å². The average molecular weight is 320 g/mol. The fourth-order valence-electron chi connectivity index (χ4n) is 3.50. The minimum Gasteiger partial charge on any atom is -0.142 e. The van der Waals surface area contributed by atoms with Gasteiger partial charge in [0, 0.05) is 5.54 Å². The molecule has 3 aromatic rings. The first-order valence-electron chi connectivity index (χ1n) is 8.67. The van der Waals surface area contributed by atoms with E-state index in [1.165, 1.54) is 26.6 Å². The lowest BCUT2D eigenvalue weighted by Crippen LogP contribution is -2.42. The lowest BCUT2D eigenvalue weighted by atomic mass is 9.87. The maximum atomic E-state index is 13.1. The summed E-state index contributed by atoms with van der Waals surface area (Å²) in [6.07, 6.45) is 0. The van der Waals surface area contributed by atoms with E-state index in [4.69, 9.17) is 0 Å². The molecule has 0 aromatic heterocycles. The normalized spacial score (nSPS) is 14.0. The zero-order valence-corrected chi connectivity index (χ0v) is 15.2. The topological polar surface area (TPSA) is 23.1 Å². The van der Waals surface area contributed by atoms with Gasteiger partial charge in [-0.1, -0.05) is 62.4 Å². The van der Waals surface area contributed by atoms with Crippen LogP contribution in [-0.2, 0) is 5.21 Å². The SMILES string of the molecule is CC(C)C(c1cc2ccccc2c2ccccc12)N([O])C(C)(C)C. The van der Waals surface area contributed by atoms with Gasteiger partial charge >= 0.3 is 0 Å². The number of hydrogen-bond donors (Lipinski definition) is 0. The second kappa shape index (κ2) is 6.19. The Hall–Kier alpha value is -1.90. The third kappa shape index (κ3) is 2.92. The molecule has 0 heterocycles. The third-order valence-corrected chi connectivity index (χ3v) is 4.66. The van der Waals surface area contributed by atoms with Crippen molar-refractivity contribution in [1.82, 2.24) is 5.06 Å². The van der Waals surface area contributed by atoms with Crippen LogP contribution >= 0.6 is 0 Å². The molecule has 0 aliphatic rings. The molecule has 0 saturated heterocycles. The first kappa shape index (κ1) is 16.9. The summed E-state index contributed by atoms with van der Waals surface area (Å²) >= 11 is 0. The fraction of sp³-hybridized carbons (Fsp3) is 0.364. The van der Waals surface area contributed by atoms with E-state index in [9.17, 15) is 5.21 Å². The number of benzene rings is 3. The van der Waals surface area contributed by atoms with Gasteiger partial charge in [-0.2, -0.15) is 0 Å². The Morgan fingerprint density at radius 3 is 1.96 bits per heavy atom. The fourth-order valence-corrected chi connectivity index (χ4v) is 3.50. The van der Waals surface area contributed by atoms with Crippen LogP contribution in [0.3, 0.4) is 0 Å². The predicted molar refractivity (Wildman–Crippen MR) is 101 cm³/mol. The van der Waals surface area contributed by atoms with Gasteiger partial charge in [0.1, 0.15) is 0 Å². The van der Waals surface area contributed by atoms with Crippen LogP contribution in [0.4, 0.5) is 0 Å². The molecule has 0 spiro atoms. The van der Waals surface area contributed by atoms with Gasteiger partial charge in [-0.15, -0.1) is 10.3 Å². The monoisotopic (exact) mass is 320 g/mol. The summed E-state index contributed by atoms with van der Waals surface area (Å²) in [6, 6.07) is 18.9. The standard InChI is InChI=1S/C22H26NO/c1-15(2)21(23(24)22(3,4)5)20-14-16-10-6-7-11-17(16)18-12-8-9-13-19(18)20/h6-15,21H,1-5H3. The second-order valence-electron chi connectivity index (χ2n) is 7.92. The molecule has 2 nitrogen and oxygen atoms in total. The highest BCUT2D eigenvalue weighted by Crippen LogP contribution is 2.39. The predicted octanol–water partition coefficient (Wildman–Crippen LogP) is 6.14. The molecule has 3 rings (SSSR count). The quantitative estimate of drug-likeness (QED) is 0.420. The molecule has 0 saturated carbocycles. The highest BCUT2D eigenvalue weighted by Gasteiger charge is 2.33. The van der Waals surface area contributed by atoms with E-state index in [-0.39, 0.29) is 12.0 Å². The van der Waals surface area contributed by atoms with Crippen molar-refractivity contribution in [3.8, 4) is 0 Å². The molecule has 125 valence electrons. The summed E-state index contributed by atoms with van der Waals surface area (Å²) in [6.45, 7) is 10.2. The summed E-state index contributed by atoms with van der Waals surface area (Å²) < 4.78 is 0. The van der Waals surface area contributed by atoms with Gasteiger partial charge in [0.05, 0.1) is 6.04 Å². The van der Waals surface area contributed by atoms with Crippen LogP contribution < -0.4 is 0 Å². The van der Waals surface area contributed by atoms with Gasteiger partial charge in [0.2, 0.25) is 0 Å².